The molecule has 0 unspecified atom stereocenters. The molecule has 0 fully saturated rings. The van der Waals surface area contributed by atoms with Crippen LogP contribution < -0.4 is 10.5 Å². The maximum Gasteiger partial charge on any atom is 0.219 e. The number of ether oxygens (including phenoxy) is 1. The second kappa shape index (κ2) is 5.63. The molecular formula is C17H22N2O. The third-order valence-corrected chi connectivity index (χ3v) is 3.15. The van der Waals surface area contributed by atoms with Crippen LogP contribution >= 0.6 is 0 Å². The van der Waals surface area contributed by atoms with Gasteiger partial charge in [0.15, 0.2) is 0 Å². The Balaban J connectivity index is 2.39. The van der Waals surface area contributed by atoms with Crippen molar-refractivity contribution < 1.29 is 4.74 Å². The van der Waals surface area contributed by atoms with E-state index < -0.39 is 0 Å². The fourth-order valence-electron chi connectivity index (χ4n) is 2.07. The summed E-state index contributed by atoms with van der Waals surface area (Å²) in [6.45, 7) is 9.00. The van der Waals surface area contributed by atoms with Crippen molar-refractivity contribution >= 4 is 0 Å². The Bertz CT molecular complexity index is 600. The van der Waals surface area contributed by atoms with Crippen LogP contribution in [0.1, 0.15) is 37.6 Å². The van der Waals surface area contributed by atoms with E-state index in [1.807, 2.05) is 18.2 Å². The fourth-order valence-corrected chi connectivity index (χ4v) is 2.07. The van der Waals surface area contributed by atoms with Gasteiger partial charge in [-0.15, -0.1) is 0 Å². The second-order valence-corrected chi connectivity index (χ2v) is 6.02. The second-order valence-electron chi connectivity index (χ2n) is 6.02. The summed E-state index contributed by atoms with van der Waals surface area (Å²) in [6.07, 6.45) is 0. The summed E-state index contributed by atoms with van der Waals surface area (Å²) in [6, 6.07) is 11.9. The molecule has 2 N–H and O–H groups in total. The summed E-state index contributed by atoms with van der Waals surface area (Å²) in [5.41, 5.74) is 8.80. The molecule has 20 heavy (non-hydrogen) atoms. The molecule has 1 aromatic heterocycles. The SMILES string of the molecule is Cc1ccc(C(C)(C)C)c(Oc2cccc(CN)n2)c1. The monoisotopic (exact) mass is 270 g/mol. The van der Waals surface area contributed by atoms with Crippen LogP contribution in [0.5, 0.6) is 11.6 Å². The van der Waals surface area contributed by atoms with Gasteiger partial charge in [0.25, 0.3) is 0 Å². The van der Waals surface area contributed by atoms with Crippen molar-refractivity contribution in [2.45, 2.75) is 39.7 Å². The number of hydrogen-bond donors (Lipinski definition) is 1. The minimum Gasteiger partial charge on any atom is -0.439 e. The van der Waals surface area contributed by atoms with E-state index in [9.17, 15) is 0 Å². The summed E-state index contributed by atoms with van der Waals surface area (Å²) in [5.74, 6) is 1.45. The lowest BCUT2D eigenvalue weighted by Gasteiger charge is -2.23. The molecule has 0 amide bonds. The summed E-state index contributed by atoms with van der Waals surface area (Å²) < 4.78 is 5.99. The lowest BCUT2D eigenvalue weighted by molar-refractivity contribution is 0.438. The summed E-state index contributed by atoms with van der Waals surface area (Å²) in [5, 5.41) is 0. The van der Waals surface area contributed by atoms with Crippen molar-refractivity contribution in [3.8, 4) is 11.6 Å². The first kappa shape index (κ1) is 14.5. The van der Waals surface area contributed by atoms with Crippen molar-refractivity contribution in [3.05, 3.63) is 53.2 Å². The molecule has 0 aliphatic carbocycles. The van der Waals surface area contributed by atoms with Crippen molar-refractivity contribution in [2.24, 2.45) is 5.73 Å². The molecule has 0 saturated carbocycles. The van der Waals surface area contributed by atoms with Crippen LogP contribution in [-0.2, 0) is 12.0 Å². The van der Waals surface area contributed by atoms with Crippen LogP contribution in [0.4, 0.5) is 0 Å². The minimum absolute atomic E-state index is 0.0223. The number of rotatable bonds is 3. The average molecular weight is 270 g/mol. The van der Waals surface area contributed by atoms with Gasteiger partial charge in [0.05, 0.1) is 5.69 Å². The third kappa shape index (κ3) is 3.36. The number of pyridine rings is 1. The van der Waals surface area contributed by atoms with E-state index in [1.165, 1.54) is 11.1 Å². The van der Waals surface area contributed by atoms with Gasteiger partial charge < -0.3 is 10.5 Å². The Morgan fingerprint density at radius 3 is 2.55 bits per heavy atom. The minimum atomic E-state index is 0.0223. The van der Waals surface area contributed by atoms with E-state index in [0.717, 1.165) is 11.4 Å². The quantitative estimate of drug-likeness (QED) is 0.919. The molecule has 106 valence electrons. The number of aromatic nitrogens is 1. The standard InChI is InChI=1S/C17H22N2O/c1-12-8-9-14(17(2,3)4)15(10-12)20-16-7-5-6-13(11-18)19-16/h5-10H,11,18H2,1-4H3. The zero-order valence-electron chi connectivity index (χ0n) is 12.6. The van der Waals surface area contributed by atoms with Gasteiger partial charge in [-0.2, -0.15) is 0 Å². The predicted molar refractivity (Wildman–Crippen MR) is 82.1 cm³/mol. The summed E-state index contributed by atoms with van der Waals surface area (Å²) >= 11 is 0. The van der Waals surface area contributed by atoms with Crippen molar-refractivity contribution in [1.29, 1.82) is 0 Å². The van der Waals surface area contributed by atoms with E-state index in [0.29, 0.717) is 12.4 Å². The molecule has 0 bridgehead atoms. The van der Waals surface area contributed by atoms with Crippen molar-refractivity contribution in [1.82, 2.24) is 4.98 Å². The number of hydrogen-bond acceptors (Lipinski definition) is 3. The van der Waals surface area contributed by atoms with E-state index in [1.54, 1.807) is 0 Å². The van der Waals surface area contributed by atoms with Gasteiger partial charge in [-0.1, -0.05) is 39.0 Å². The Hall–Kier alpha value is -1.87. The highest BCUT2D eigenvalue weighted by Crippen LogP contribution is 2.34. The molecular weight excluding hydrogens is 248 g/mol. The van der Waals surface area contributed by atoms with Gasteiger partial charge >= 0.3 is 0 Å². The molecule has 3 heteroatoms. The van der Waals surface area contributed by atoms with Crippen molar-refractivity contribution in [3.63, 3.8) is 0 Å². The molecule has 1 heterocycles. The first-order chi connectivity index (χ1) is 9.40. The number of nitrogens with two attached hydrogens (primary N) is 1. The fraction of sp³-hybridized carbons (Fsp3) is 0.353. The highest BCUT2D eigenvalue weighted by Gasteiger charge is 2.19. The van der Waals surface area contributed by atoms with Gasteiger partial charge in [0.1, 0.15) is 5.75 Å². The maximum atomic E-state index is 5.99. The van der Waals surface area contributed by atoms with Gasteiger partial charge in [0.2, 0.25) is 5.88 Å². The first-order valence-corrected chi connectivity index (χ1v) is 6.85. The molecule has 1 aromatic carbocycles. The van der Waals surface area contributed by atoms with Crippen LogP contribution in [0, 0.1) is 6.92 Å². The van der Waals surface area contributed by atoms with Crippen LogP contribution in [0.25, 0.3) is 0 Å². The highest BCUT2D eigenvalue weighted by molar-refractivity contribution is 5.43. The van der Waals surface area contributed by atoms with Gasteiger partial charge in [-0.05, 0) is 30.0 Å². The first-order valence-electron chi connectivity index (χ1n) is 6.85. The van der Waals surface area contributed by atoms with Crippen LogP contribution in [-0.4, -0.2) is 4.98 Å². The van der Waals surface area contributed by atoms with E-state index >= 15 is 0 Å². The smallest absolute Gasteiger partial charge is 0.219 e. The molecule has 0 saturated heterocycles. The lowest BCUT2D eigenvalue weighted by Crippen LogP contribution is -2.13. The van der Waals surface area contributed by atoms with E-state index in [4.69, 9.17) is 10.5 Å². The van der Waals surface area contributed by atoms with E-state index in [2.05, 4.69) is 50.9 Å². The summed E-state index contributed by atoms with van der Waals surface area (Å²) in [7, 11) is 0. The lowest BCUT2D eigenvalue weighted by atomic mass is 9.86. The number of benzene rings is 1. The Morgan fingerprint density at radius 1 is 1.15 bits per heavy atom. The third-order valence-electron chi connectivity index (χ3n) is 3.15. The average Bonchev–Trinajstić information content (AvgIpc) is 2.37. The molecule has 2 rings (SSSR count). The topological polar surface area (TPSA) is 48.1 Å². The Labute approximate surface area is 120 Å². The number of nitrogens with zero attached hydrogens (tertiary/aromatic N) is 1. The molecule has 0 atom stereocenters. The van der Waals surface area contributed by atoms with Gasteiger partial charge in [0, 0.05) is 18.2 Å². The highest BCUT2D eigenvalue weighted by atomic mass is 16.5. The predicted octanol–water partition coefficient (Wildman–Crippen LogP) is 3.94. The molecule has 3 nitrogen and oxygen atoms in total. The Kier molecular flexibility index (Phi) is 4.09. The van der Waals surface area contributed by atoms with Gasteiger partial charge in [-0.25, -0.2) is 4.98 Å². The zero-order valence-corrected chi connectivity index (χ0v) is 12.6. The zero-order chi connectivity index (χ0) is 14.8. The maximum absolute atomic E-state index is 5.99. The number of aryl methyl sites for hydroxylation is 1. The van der Waals surface area contributed by atoms with Crippen LogP contribution in [0.2, 0.25) is 0 Å². The Morgan fingerprint density at radius 2 is 1.90 bits per heavy atom. The largest absolute Gasteiger partial charge is 0.439 e. The summed E-state index contributed by atoms with van der Waals surface area (Å²) in [4.78, 5) is 4.39. The molecule has 0 aliphatic heterocycles. The van der Waals surface area contributed by atoms with E-state index in [-0.39, 0.29) is 5.41 Å². The van der Waals surface area contributed by atoms with Crippen LogP contribution in [0.15, 0.2) is 36.4 Å². The molecule has 0 aliphatic rings. The van der Waals surface area contributed by atoms with Crippen LogP contribution in [0.3, 0.4) is 0 Å². The van der Waals surface area contributed by atoms with Crippen molar-refractivity contribution in [2.75, 3.05) is 0 Å². The molecule has 2 aromatic rings. The molecule has 0 radical (unpaired) electrons. The normalized spacial score (nSPS) is 11.4. The van der Waals surface area contributed by atoms with Gasteiger partial charge in [-0.3, -0.25) is 0 Å². The molecule has 0 spiro atoms.